The topological polar surface area (TPSA) is 86.2 Å². The summed E-state index contributed by atoms with van der Waals surface area (Å²) < 4.78 is 12.8. The predicted molar refractivity (Wildman–Crippen MR) is 150 cm³/mol. The maximum atomic E-state index is 12.8. The van der Waals surface area contributed by atoms with Crippen molar-refractivity contribution in [1.29, 1.82) is 0 Å². The number of nitrogens with zero attached hydrogens (tertiary/aromatic N) is 2. The van der Waals surface area contributed by atoms with Gasteiger partial charge in [-0.25, -0.2) is 19.6 Å². The molecule has 0 aliphatic carbocycles. The van der Waals surface area contributed by atoms with Gasteiger partial charge in [0.1, 0.15) is 0 Å². The molecule has 0 aliphatic rings. The Balaban J connectivity index is 1.33. The average molecular weight is 616 g/mol. The zero-order chi connectivity index (χ0) is 25.5. The summed E-state index contributed by atoms with van der Waals surface area (Å²) in [5.74, 6) is 0.532. The predicted octanol–water partition coefficient (Wildman–Crippen LogP) is 7.14. The van der Waals surface area contributed by atoms with E-state index >= 15 is 0 Å². The highest BCUT2D eigenvalue weighted by atomic mass is 79.9. The van der Waals surface area contributed by atoms with Crippen molar-refractivity contribution in [2.24, 2.45) is 0 Å². The van der Waals surface area contributed by atoms with Crippen LogP contribution in [-0.4, -0.2) is 9.97 Å². The van der Waals surface area contributed by atoms with Crippen LogP contribution in [0.5, 0.6) is 0 Å². The van der Waals surface area contributed by atoms with Crippen molar-refractivity contribution in [1.82, 2.24) is 9.97 Å². The quantitative estimate of drug-likeness (QED) is 0.209. The van der Waals surface area contributed by atoms with Crippen LogP contribution in [-0.2, 0) is 6.42 Å². The second kappa shape index (κ2) is 9.53. The van der Waals surface area contributed by atoms with Gasteiger partial charge < -0.3 is 8.83 Å². The monoisotopic (exact) mass is 614 g/mol. The van der Waals surface area contributed by atoms with Crippen LogP contribution in [0.1, 0.15) is 11.1 Å². The first kappa shape index (κ1) is 23.5. The smallest absolute Gasteiger partial charge is 0.347 e. The zero-order valence-corrected chi connectivity index (χ0v) is 22.2. The molecule has 0 aliphatic heterocycles. The van der Waals surface area contributed by atoms with Crippen molar-refractivity contribution in [3.63, 3.8) is 0 Å². The number of fused-ring (bicyclic) bond motifs is 2. The SMILES string of the molecule is O=c1oc(-c2cccc(Br)c2)nc2ccc(Cc3ccc4nc(-c5cccc(Br)c5)oc(=O)c4c3)cc12. The summed E-state index contributed by atoms with van der Waals surface area (Å²) in [4.78, 5) is 34.6. The Kier molecular flexibility index (Phi) is 6.06. The van der Waals surface area contributed by atoms with E-state index in [0.29, 0.717) is 39.4 Å². The van der Waals surface area contributed by atoms with Gasteiger partial charge in [-0.3, -0.25) is 0 Å². The van der Waals surface area contributed by atoms with Crippen molar-refractivity contribution in [3.05, 3.63) is 126 Å². The third-order valence-corrected chi connectivity index (χ3v) is 6.92. The average Bonchev–Trinajstić information content (AvgIpc) is 2.89. The fourth-order valence-corrected chi connectivity index (χ4v) is 4.98. The minimum absolute atomic E-state index is 0.266. The van der Waals surface area contributed by atoms with Crippen LogP contribution < -0.4 is 11.3 Å². The second-order valence-corrected chi connectivity index (χ2v) is 10.3. The van der Waals surface area contributed by atoms with Gasteiger partial charge in [0.15, 0.2) is 0 Å². The van der Waals surface area contributed by atoms with E-state index in [1.54, 1.807) is 12.1 Å². The Hall–Kier alpha value is -3.88. The molecule has 6 rings (SSSR count). The van der Waals surface area contributed by atoms with Crippen molar-refractivity contribution in [2.75, 3.05) is 0 Å². The summed E-state index contributed by atoms with van der Waals surface area (Å²) in [6, 6.07) is 25.9. The van der Waals surface area contributed by atoms with Gasteiger partial charge >= 0.3 is 11.3 Å². The van der Waals surface area contributed by atoms with Crippen LogP contribution in [0.2, 0.25) is 0 Å². The third-order valence-electron chi connectivity index (χ3n) is 5.94. The molecular weight excluding hydrogens is 600 g/mol. The number of benzene rings is 4. The van der Waals surface area contributed by atoms with Crippen LogP contribution in [0.4, 0.5) is 0 Å². The Morgan fingerprint density at radius 1 is 0.595 bits per heavy atom. The number of hydrogen-bond donors (Lipinski definition) is 0. The molecule has 37 heavy (non-hydrogen) atoms. The van der Waals surface area contributed by atoms with Gasteiger partial charge in [0.25, 0.3) is 0 Å². The lowest BCUT2D eigenvalue weighted by atomic mass is 10.0. The molecule has 0 amide bonds. The minimum Gasteiger partial charge on any atom is -0.403 e. The lowest BCUT2D eigenvalue weighted by Gasteiger charge is -2.07. The largest absolute Gasteiger partial charge is 0.403 e. The molecule has 0 saturated carbocycles. The van der Waals surface area contributed by atoms with E-state index in [1.807, 2.05) is 72.8 Å². The summed E-state index contributed by atoms with van der Waals surface area (Å²) in [5.41, 5.74) is 3.40. The summed E-state index contributed by atoms with van der Waals surface area (Å²) >= 11 is 6.85. The molecule has 6 aromatic rings. The van der Waals surface area contributed by atoms with Crippen molar-refractivity contribution in [3.8, 4) is 22.9 Å². The lowest BCUT2D eigenvalue weighted by molar-refractivity contribution is 0.518. The first-order valence-corrected chi connectivity index (χ1v) is 12.9. The number of rotatable bonds is 4. The summed E-state index contributed by atoms with van der Waals surface area (Å²) in [6.45, 7) is 0. The number of halogens is 2. The summed E-state index contributed by atoms with van der Waals surface area (Å²) in [5, 5.41) is 0.800. The lowest BCUT2D eigenvalue weighted by Crippen LogP contribution is -2.05. The van der Waals surface area contributed by atoms with Gasteiger partial charge in [-0.1, -0.05) is 56.1 Å². The van der Waals surface area contributed by atoms with E-state index in [4.69, 9.17) is 8.83 Å². The van der Waals surface area contributed by atoms with Crippen molar-refractivity contribution < 1.29 is 8.83 Å². The molecule has 2 heterocycles. The van der Waals surface area contributed by atoms with Crippen molar-refractivity contribution in [2.45, 2.75) is 6.42 Å². The van der Waals surface area contributed by atoms with E-state index in [2.05, 4.69) is 41.8 Å². The minimum atomic E-state index is -0.453. The molecule has 0 N–H and O–H groups in total. The highest BCUT2D eigenvalue weighted by Crippen LogP contribution is 2.25. The second-order valence-electron chi connectivity index (χ2n) is 8.51. The Morgan fingerprint density at radius 2 is 1.05 bits per heavy atom. The van der Waals surface area contributed by atoms with Crippen LogP contribution in [0.25, 0.3) is 44.7 Å². The molecule has 8 heteroatoms. The van der Waals surface area contributed by atoms with Gasteiger partial charge in [-0.05, 0) is 78.2 Å². The summed E-state index contributed by atoms with van der Waals surface area (Å²) in [6.07, 6.45) is 0.505. The van der Waals surface area contributed by atoms with E-state index in [1.165, 1.54) is 0 Å². The van der Waals surface area contributed by atoms with Crippen LogP contribution in [0.3, 0.4) is 0 Å². The van der Waals surface area contributed by atoms with Crippen LogP contribution >= 0.6 is 31.9 Å². The molecule has 2 aromatic heterocycles. The van der Waals surface area contributed by atoms with Gasteiger partial charge in [-0.2, -0.15) is 0 Å². The maximum Gasteiger partial charge on any atom is 0.347 e. The van der Waals surface area contributed by atoms with Gasteiger partial charge in [-0.15, -0.1) is 0 Å². The van der Waals surface area contributed by atoms with Crippen LogP contribution in [0.15, 0.2) is 112 Å². The van der Waals surface area contributed by atoms with Gasteiger partial charge in [0.05, 0.1) is 21.8 Å². The standard InChI is InChI=1S/C29H16Br2N2O4/c30-20-5-1-3-18(14-20)26-32-24-9-7-16(12-22(24)28(34)36-26)11-17-8-10-25-23(13-17)29(35)37-27(33-25)19-4-2-6-21(31)15-19/h1-10,12-15H,11H2. The maximum absolute atomic E-state index is 12.8. The van der Waals surface area contributed by atoms with Gasteiger partial charge in [0.2, 0.25) is 11.8 Å². The Bertz CT molecular complexity index is 1810. The Labute approximate surface area is 226 Å². The Morgan fingerprint density at radius 3 is 1.49 bits per heavy atom. The molecule has 0 bridgehead atoms. The fourth-order valence-electron chi connectivity index (χ4n) is 4.18. The molecule has 0 atom stereocenters. The third kappa shape index (κ3) is 4.77. The molecule has 0 fully saturated rings. The first-order chi connectivity index (χ1) is 17.9. The molecule has 180 valence electrons. The van der Waals surface area contributed by atoms with Crippen molar-refractivity contribution >= 4 is 53.7 Å². The normalized spacial score (nSPS) is 11.3. The molecule has 0 radical (unpaired) electrons. The molecule has 6 nitrogen and oxygen atoms in total. The zero-order valence-electron chi connectivity index (χ0n) is 19.1. The molecular formula is C29H16Br2N2O4. The number of aromatic nitrogens is 2. The van der Waals surface area contributed by atoms with E-state index < -0.39 is 11.3 Å². The fraction of sp³-hybridized carbons (Fsp3) is 0.0345. The van der Waals surface area contributed by atoms with Gasteiger partial charge in [0, 0.05) is 20.1 Å². The van der Waals surface area contributed by atoms with E-state index in [-0.39, 0.29) is 11.8 Å². The van der Waals surface area contributed by atoms with Crippen LogP contribution in [0, 0.1) is 0 Å². The van der Waals surface area contributed by atoms with E-state index in [0.717, 1.165) is 20.1 Å². The highest BCUT2D eigenvalue weighted by Gasteiger charge is 2.12. The number of hydrogen-bond acceptors (Lipinski definition) is 6. The first-order valence-electron chi connectivity index (χ1n) is 11.3. The molecule has 4 aromatic carbocycles. The highest BCUT2D eigenvalue weighted by molar-refractivity contribution is 9.10. The molecule has 0 unspecified atom stereocenters. The van der Waals surface area contributed by atoms with E-state index in [9.17, 15) is 9.59 Å². The molecule has 0 spiro atoms. The summed E-state index contributed by atoms with van der Waals surface area (Å²) in [7, 11) is 0. The molecule has 0 saturated heterocycles.